The van der Waals surface area contributed by atoms with Crippen LogP contribution in [0.3, 0.4) is 0 Å². The van der Waals surface area contributed by atoms with Crippen LogP contribution in [-0.2, 0) is 6.54 Å². The fourth-order valence-corrected chi connectivity index (χ4v) is 4.04. The molecule has 8 nitrogen and oxygen atoms in total. The molecule has 3 heterocycles. The molecule has 0 atom stereocenters. The molecule has 0 unspecified atom stereocenters. The predicted octanol–water partition coefficient (Wildman–Crippen LogP) is 1.43. The standard InChI is InChI=1S/C19H20N4O4S/c1-27-14-2-3-15(16(24)11-14)18(26)22-6-4-21(5-7-22)12-13-10-17(25)23-8-9-28-19(23)20-13/h2-3,8-11,24H,4-7,12H2,1H3. The number of hydrogen-bond donors (Lipinski definition) is 1. The number of ether oxygens (including phenoxy) is 1. The van der Waals surface area contributed by atoms with E-state index >= 15 is 0 Å². The monoisotopic (exact) mass is 400 g/mol. The Morgan fingerprint density at radius 2 is 2.04 bits per heavy atom. The molecule has 1 N–H and O–H groups in total. The number of carbonyl (C=O) groups excluding carboxylic acids is 1. The van der Waals surface area contributed by atoms with Crippen molar-refractivity contribution in [2.75, 3.05) is 33.3 Å². The van der Waals surface area contributed by atoms with Crippen LogP contribution in [0.25, 0.3) is 4.96 Å². The van der Waals surface area contributed by atoms with Gasteiger partial charge in [0.05, 0.1) is 18.4 Å². The number of hydrogen-bond acceptors (Lipinski definition) is 7. The molecule has 1 fully saturated rings. The van der Waals surface area contributed by atoms with Crippen molar-refractivity contribution in [2.45, 2.75) is 6.54 Å². The Morgan fingerprint density at radius 3 is 2.75 bits per heavy atom. The van der Waals surface area contributed by atoms with E-state index in [4.69, 9.17) is 4.74 Å². The molecule has 0 spiro atoms. The summed E-state index contributed by atoms with van der Waals surface area (Å²) < 4.78 is 6.59. The summed E-state index contributed by atoms with van der Waals surface area (Å²) in [7, 11) is 1.51. The molecule has 1 saturated heterocycles. The van der Waals surface area contributed by atoms with Gasteiger partial charge in [-0.15, -0.1) is 11.3 Å². The van der Waals surface area contributed by atoms with E-state index in [0.29, 0.717) is 43.4 Å². The van der Waals surface area contributed by atoms with E-state index in [9.17, 15) is 14.7 Å². The lowest BCUT2D eigenvalue weighted by atomic mass is 10.1. The molecule has 146 valence electrons. The van der Waals surface area contributed by atoms with E-state index in [2.05, 4.69) is 9.88 Å². The molecule has 9 heteroatoms. The highest BCUT2D eigenvalue weighted by Gasteiger charge is 2.24. The Hall–Kier alpha value is -2.91. The number of rotatable bonds is 4. The summed E-state index contributed by atoms with van der Waals surface area (Å²) in [6.45, 7) is 3.01. The normalized spacial score (nSPS) is 15.1. The molecule has 0 saturated carbocycles. The average molecular weight is 400 g/mol. The number of piperazine rings is 1. The summed E-state index contributed by atoms with van der Waals surface area (Å²) in [6.07, 6.45) is 1.72. The summed E-state index contributed by atoms with van der Waals surface area (Å²) in [5.74, 6) is 0.224. The Labute approximate surface area is 165 Å². The van der Waals surface area contributed by atoms with Crippen LogP contribution in [0, 0.1) is 0 Å². The molecule has 4 rings (SSSR count). The second-order valence-electron chi connectivity index (χ2n) is 6.59. The van der Waals surface area contributed by atoms with Gasteiger partial charge in [0.2, 0.25) is 0 Å². The summed E-state index contributed by atoms with van der Waals surface area (Å²) in [5, 5.41) is 11.9. The summed E-state index contributed by atoms with van der Waals surface area (Å²) in [4.78, 5) is 33.9. The van der Waals surface area contributed by atoms with Crippen LogP contribution in [0.5, 0.6) is 11.5 Å². The first kappa shape index (κ1) is 18.5. The highest BCUT2D eigenvalue weighted by molar-refractivity contribution is 7.15. The lowest BCUT2D eigenvalue weighted by Crippen LogP contribution is -2.48. The van der Waals surface area contributed by atoms with E-state index in [1.165, 1.54) is 28.9 Å². The van der Waals surface area contributed by atoms with Crippen LogP contribution >= 0.6 is 11.3 Å². The molecular formula is C19H20N4O4S. The minimum atomic E-state index is -0.198. The number of carbonyl (C=O) groups is 1. The first-order chi connectivity index (χ1) is 13.5. The smallest absolute Gasteiger partial charge is 0.258 e. The van der Waals surface area contributed by atoms with Gasteiger partial charge < -0.3 is 14.7 Å². The molecule has 0 radical (unpaired) electrons. The predicted molar refractivity (Wildman–Crippen MR) is 105 cm³/mol. The number of phenolic OH excluding ortho intramolecular Hbond substituents is 1. The van der Waals surface area contributed by atoms with Gasteiger partial charge in [-0.25, -0.2) is 4.98 Å². The number of nitrogens with zero attached hydrogens (tertiary/aromatic N) is 4. The van der Waals surface area contributed by atoms with Crippen LogP contribution in [0.15, 0.2) is 40.6 Å². The third-order valence-electron chi connectivity index (χ3n) is 4.84. The second kappa shape index (κ2) is 7.61. The van der Waals surface area contributed by atoms with Crippen molar-refractivity contribution in [3.05, 3.63) is 57.5 Å². The Morgan fingerprint density at radius 1 is 1.25 bits per heavy atom. The molecule has 1 aliphatic heterocycles. The fraction of sp³-hybridized carbons (Fsp3) is 0.316. The largest absolute Gasteiger partial charge is 0.507 e. The van der Waals surface area contributed by atoms with E-state index in [1.54, 1.807) is 29.3 Å². The lowest BCUT2D eigenvalue weighted by molar-refractivity contribution is 0.0624. The molecule has 1 aromatic carbocycles. The average Bonchev–Trinajstić information content (AvgIpc) is 3.17. The van der Waals surface area contributed by atoms with Gasteiger partial charge in [0.1, 0.15) is 11.5 Å². The molecule has 1 aliphatic rings. The Bertz CT molecular complexity index is 1070. The minimum Gasteiger partial charge on any atom is -0.507 e. The van der Waals surface area contributed by atoms with Gasteiger partial charge in [0, 0.05) is 56.4 Å². The molecule has 0 bridgehead atoms. The maximum Gasteiger partial charge on any atom is 0.258 e. The first-order valence-corrected chi connectivity index (χ1v) is 9.77. The van der Waals surface area contributed by atoms with Crippen molar-refractivity contribution in [3.63, 3.8) is 0 Å². The highest BCUT2D eigenvalue weighted by Crippen LogP contribution is 2.25. The third-order valence-corrected chi connectivity index (χ3v) is 5.59. The van der Waals surface area contributed by atoms with Gasteiger partial charge in [-0.05, 0) is 12.1 Å². The van der Waals surface area contributed by atoms with Gasteiger partial charge >= 0.3 is 0 Å². The van der Waals surface area contributed by atoms with Crippen LogP contribution in [0.4, 0.5) is 0 Å². The number of aromatic hydroxyl groups is 1. The van der Waals surface area contributed by atoms with Gasteiger partial charge in [0.15, 0.2) is 4.96 Å². The van der Waals surface area contributed by atoms with E-state index < -0.39 is 0 Å². The number of thiazole rings is 1. The van der Waals surface area contributed by atoms with Crippen molar-refractivity contribution < 1.29 is 14.6 Å². The van der Waals surface area contributed by atoms with Gasteiger partial charge in [0.25, 0.3) is 11.5 Å². The van der Waals surface area contributed by atoms with Gasteiger partial charge in [-0.2, -0.15) is 0 Å². The van der Waals surface area contributed by atoms with Crippen LogP contribution in [0.2, 0.25) is 0 Å². The topological polar surface area (TPSA) is 87.4 Å². The summed E-state index contributed by atoms with van der Waals surface area (Å²) in [6, 6.07) is 6.24. The third kappa shape index (κ3) is 3.58. The quantitative estimate of drug-likeness (QED) is 0.713. The van der Waals surface area contributed by atoms with Crippen molar-refractivity contribution >= 4 is 22.2 Å². The van der Waals surface area contributed by atoms with Crippen molar-refractivity contribution in [2.24, 2.45) is 0 Å². The first-order valence-electron chi connectivity index (χ1n) is 8.89. The van der Waals surface area contributed by atoms with E-state index in [1.807, 2.05) is 5.38 Å². The van der Waals surface area contributed by atoms with E-state index in [0.717, 1.165) is 5.69 Å². The Kier molecular flexibility index (Phi) is 5.01. The minimum absolute atomic E-state index is 0.0787. The molecule has 2 aromatic heterocycles. The van der Waals surface area contributed by atoms with Crippen molar-refractivity contribution in [1.29, 1.82) is 0 Å². The number of benzene rings is 1. The van der Waals surface area contributed by atoms with Gasteiger partial charge in [-0.1, -0.05) is 0 Å². The zero-order chi connectivity index (χ0) is 19.7. The van der Waals surface area contributed by atoms with Gasteiger partial charge in [-0.3, -0.25) is 18.9 Å². The maximum atomic E-state index is 12.7. The SMILES string of the molecule is COc1ccc(C(=O)N2CCN(Cc3cc(=O)n4ccsc4n3)CC2)c(O)c1. The van der Waals surface area contributed by atoms with Crippen molar-refractivity contribution in [1.82, 2.24) is 19.2 Å². The van der Waals surface area contributed by atoms with Crippen molar-refractivity contribution in [3.8, 4) is 11.5 Å². The summed E-state index contributed by atoms with van der Waals surface area (Å²) >= 11 is 1.43. The molecule has 28 heavy (non-hydrogen) atoms. The number of amides is 1. The zero-order valence-electron chi connectivity index (χ0n) is 15.4. The molecule has 1 amide bonds. The number of phenols is 1. The Balaban J connectivity index is 1.40. The van der Waals surface area contributed by atoms with E-state index in [-0.39, 0.29) is 22.8 Å². The highest BCUT2D eigenvalue weighted by atomic mass is 32.1. The number of methoxy groups -OCH3 is 1. The number of aromatic nitrogens is 2. The maximum absolute atomic E-state index is 12.7. The molecular weight excluding hydrogens is 380 g/mol. The molecule has 0 aliphatic carbocycles. The summed E-state index contributed by atoms with van der Waals surface area (Å²) in [5.41, 5.74) is 0.928. The zero-order valence-corrected chi connectivity index (χ0v) is 16.2. The van der Waals surface area contributed by atoms with Crippen LogP contribution in [-0.4, -0.2) is 63.5 Å². The lowest BCUT2D eigenvalue weighted by Gasteiger charge is -2.34. The molecule has 3 aromatic rings. The van der Waals surface area contributed by atoms with Crippen LogP contribution in [0.1, 0.15) is 16.1 Å². The van der Waals surface area contributed by atoms with Crippen LogP contribution < -0.4 is 10.3 Å². The number of fused-ring (bicyclic) bond motifs is 1. The second-order valence-corrected chi connectivity index (χ2v) is 7.47. The fourth-order valence-electron chi connectivity index (χ4n) is 3.30.